The second kappa shape index (κ2) is 14.9. The molecule has 0 saturated heterocycles. The van der Waals surface area contributed by atoms with Crippen LogP contribution in [-0.2, 0) is 13.1 Å². The van der Waals surface area contributed by atoms with Gasteiger partial charge < -0.3 is 15.4 Å². The molecule has 6 rings (SSSR count). The second-order valence-corrected chi connectivity index (χ2v) is 14.4. The minimum atomic E-state index is 0.408. The summed E-state index contributed by atoms with van der Waals surface area (Å²) in [5.74, 6) is 3.54. The summed E-state index contributed by atoms with van der Waals surface area (Å²) in [6.45, 7) is 7.39. The predicted octanol–water partition coefficient (Wildman–Crippen LogP) is 9.38. The van der Waals surface area contributed by atoms with E-state index in [9.17, 15) is 0 Å². The Morgan fingerprint density at radius 1 is 0.955 bits per heavy atom. The van der Waals surface area contributed by atoms with E-state index in [0.29, 0.717) is 29.9 Å². The number of hydrogen-bond acceptors (Lipinski definition) is 7. The van der Waals surface area contributed by atoms with Crippen LogP contribution in [0.15, 0.2) is 58.9 Å². The van der Waals surface area contributed by atoms with Crippen molar-refractivity contribution in [2.75, 3.05) is 6.54 Å². The highest BCUT2D eigenvalue weighted by Crippen LogP contribution is 2.37. The molecule has 1 aromatic heterocycles. The third-order valence-electron chi connectivity index (χ3n) is 9.96. The highest BCUT2D eigenvalue weighted by Gasteiger charge is 2.33. The summed E-state index contributed by atoms with van der Waals surface area (Å²) in [6, 6.07) is 17.3. The topological polar surface area (TPSA) is 67.0 Å². The number of guanidine groups is 1. The number of nitrogens with two attached hydrogens (primary N) is 1. The molecular weight excluding hydrogens is 563 g/mol. The molecule has 2 saturated carbocycles. The van der Waals surface area contributed by atoms with E-state index in [-0.39, 0.29) is 0 Å². The molecule has 1 atom stereocenters. The Kier molecular flexibility index (Phi) is 10.5. The number of thiazole rings is 1. The van der Waals surface area contributed by atoms with Crippen molar-refractivity contribution in [1.82, 2.24) is 14.8 Å². The van der Waals surface area contributed by atoms with Gasteiger partial charge in [-0.1, -0.05) is 70.6 Å². The van der Waals surface area contributed by atoms with Gasteiger partial charge in [-0.25, -0.2) is 9.98 Å². The van der Waals surface area contributed by atoms with Crippen LogP contribution in [0.3, 0.4) is 0 Å². The summed E-state index contributed by atoms with van der Waals surface area (Å²) in [6.07, 6.45) is 15.7. The lowest BCUT2D eigenvalue weighted by molar-refractivity contribution is 0.125. The number of para-hydroxylation sites is 1. The molecule has 2 aromatic carbocycles. The van der Waals surface area contributed by atoms with E-state index in [1.807, 2.05) is 47.7 Å². The molecule has 2 fully saturated rings. The fourth-order valence-corrected chi connectivity index (χ4v) is 8.43. The van der Waals surface area contributed by atoms with Gasteiger partial charge in [-0.15, -0.1) is 11.3 Å². The number of fused-ring (bicyclic) bond motifs is 1. The number of aromatic nitrogens is 1. The molecule has 0 radical (unpaired) electrons. The van der Waals surface area contributed by atoms with E-state index in [0.717, 1.165) is 43.2 Å². The summed E-state index contributed by atoms with van der Waals surface area (Å²) >= 11 is 1.83. The van der Waals surface area contributed by atoms with E-state index in [1.54, 1.807) is 0 Å². The zero-order chi connectivity index (χ0) is 30.3. The van der Waals surface area contributed by atoms with E-state index >= 15 is 0 Å². The molecule has 7 heteroatoms. The fourth-order valence-electron chi connectivity index (χ4n) is 7.60. The Morgan fingerprint density at radius 2 is 1.70 bits per heavy atom. The molecule has 2 heterocycles. The lowest BCUT2D eigenvalue weighted by Crippen LogP contribution is -2.49. The number of benzene rings is 2. The van der Waals surface area contributed by atoms with Crippen molar-refractivity contribution in [1.29, 1.82) is 0 Å². The van der Waals surface area contributed by atoms with E-state index < -0.39 is 0 Å². The normalized spacial score (nSPS) is 18.8. The third-order valence-corrected chi connectivity index (χ3v) is 11.2. The molecule has 0 unspecified atom stereocenters. The molecular formula is C37H51N5OS. The van der Waals surface area contributed by atoms with Gasteiger partial charge in [-0.2, -0.15) is 0 Å². The number of hydrogen-bond donors (Lipinski definition) is 1. The summed E-state index contributed by atoms with van der Waals surface area (Å²) in [4.78, 5) is 15.2. The number of ether oxygens (including phenoxy) is 1. The predicted molar refractivity (Wildman–Crippen MR) is 183 cm³/mol. The Hall–Kier alpha value is -2.90. The molecule has 2 aliphatic carbocycles. The quantitative estimate of drug-likeness (QED) is 0.220. The first-order valence-corrected chi connectivity index (χ1v) is 18.1. The first-order valence-electron chi connectivity index (χ1n) is 17.2. The van der Waals surface area contributed by atoms with Crippen LogP contribution in [0.1, 0.15) is 113 Å². The van der Waals surface area contributed by atoms with Gasteiger partial charge in [0.15, 0.2) is 5.96 Å². The first-order chi connectivity index (χ1) is 21.5. The fraction of sp³-hybridized carbons (Fsp3) is 0.568. The van der Waals surface area contributed by atoms with Gasteiger partial charge in [-0.05, 0) is 81.3 Å². The molecule has 6 nitrogen and oxygen atoms in total. The van der Waals surface area contributed by atoms with Crippen LogP contribution in [0.4, 0.5) is 5.69 Å². The molecule has 3 aliphatic rings. The summed E-state index contributed by atoms with van der Waals surface area (Å²) in [5, 5.41) is 3.56. The average Bonchev–Trinajstić information content (AvgIpc) is 3.53. The number of rotatable bonds is 12. The van der Waals surface area contributed by atoms with Crippen molar-refractivity contribution in [2.45, 2.75) is 122 Å². The summed E-state index contributed by atoms with van der Waals surface area (Å²) in [7, 11) is 0. The molecule has 2 N–H and O–H groups in total. The van der Waals surface area contributed by atoms with Gasteiger partial charge in [0, 0.05) is 42.0 Å². The molecule has 0 amide bonds. The monoisotopic (exact) mass is 613 g/mol. The Labute approximate surface area is 268 Å². The smallest absolute Gasteiger partial charge is 0.197 e. The van der Waals surface area contributed by atoms with Crippen molar-refractivity contribution < 1.29 is 4.74 Å². The van der Waals surface area contributed by atoms with Gasteiger partial charge in [-0.3, -0.25) is 4.90 Å². The maximum Gasteiger partial charge on any atom is 0.197 e. The van der Waals surface area contributed by atoms with Crippen LogP contribution in [0.25, 0.3) is 0 Å². The maximum absolute atomic E-state index is 6.77. The zero-order valence-electron chi connectivity index (χ0n) is 26.8. The van der Waals surface area contributed by atoms with Gasteiger partial charge in [0.1, 0.15) is 11.5 Å². The van der Waals surface area contributed by atoms with Crippen molar-refractivity contribution in [3.8, 4) is 11.5 Å². The van der Waals surface area contributed by atoms with Crippen molar-refractivity contribution >= 4 is 23.0 Å². The Morgan fingerprint density at radius 3 is 2.43 bits per heavy atom. The van der Waals surface area contributed by atoms with Crippen LogP contribution in [0, 0.1) is 5.92 Å². The summed E-state index contributed by atoms with van der Waals surface area (Å²) < 4.78 is 6.19. The SMILES string of the molecule is CC(C)c1nc(CN(CCC[C@@H](C2CCCCC2)N2Cc3cc(Oc4ccccc4)ccc3N=C2N)C2CCCCC2)cs1. The first kappa shape index (κ1) is 31.1. The molecule has 236 valence electrons. The summed E-state index contributed by atoms with van der Waals surface area (Å²) in [5.41, 5.74) is 10.2. The highest BCUT2D eigenvalue weighted by atomic mass is 32.1. The van der Waals surface area contributed by atoms with Gasteiger partial charge in [0.05, 0.1) is 16.4 Å². The van der Waals surface area contributed by atoms with Gasteiger partial charge in [0.25, 0.3) is 0 Å². The minimum absolute atomic E-state index is 0.408. The lowest BCUT2D eigenvalue weighted by Gasteiger charge is -2.42. The van der Waals surface area contributed by atoms with Crippen LogP contribution in [0.2, 0.25) is 0 Å². The zero-order valence-corrected chi connectivity index (χ0v) is 27.6. The van der Waals surface area contributed by atoms with Crippen LogP contribution in [0.5, 0.6) is 11.5 Å². The third kappa shape index (κ3) is 7.84. The molecule has 0 spiro atoms. The van der Waals surface area contributed by atoms with Crippen molar-refractivity contribution in [3.05, 3.63) is 70.2 Å². The van der Waals surface area contributed by atoms with Crippen LogP contribution in [-0.4, -0.2) is 39.4 Å². The second-order valence-electron chi connectivity index (χ2n) is 13.5. The standard InChI is InChI=1S/C37H51N5OS/c1-27(2)36-39-30(26-44-36)25-41(31-15-8-4-9-16-31)22-12-19-35(28-13-6-3-7-14-28)42-24-29-23-33(20-21-34(29)40-37(42)38)43-32-17-10-5-11-18-32/h5,10-11,17-18,20-21,23,26-28,31,35H,3-4,6-9,12-16,19,22,24-25H2,1-2H3,(H2,38,40)/t35-/m0/s1. The van der Waals surface area contributed by atoms with Gasteiger partial charge in [0.2, 0.25) is 0 Å². The molecule has 1 aliphatic heterocycles. The molecule has 0 bridgehead atoms. The Bertz CT molecular complexity index is 1360. The van der Waals surface area contributed by atoms with Gasteiger partial charge >= 0.3 is 0 Å². The number of nitrogens with zero attached hydrogens (tertiary/aromatic N) is 4. The van der Waals surface area contributed by atoms with E-state index in [4.69, 9.17) is 20.4 Å². The molecule has 3 aromatic rings. The van der Waals surface area contributed by atoms with E-state index in [1.165, 1.54) is 86.9 Å². The maximum atomic E-state index is 6.77. The van der Waals surface area contributed by atoms with E-state index in [2.05, 4.69) is 41.2 Å². The largest absolute Gasteiger partial charge is 0.457 e. The van der Waals surface area contributed by atoms with Crippen molar-refractivity contribution in [3.63, 3.8) is 0 Å². The average molecular weight is 614 g/mol. The highest BCUT2D eigenvalue weighted by molar-refractivity contribution is 7.09. The Balaban J connectivity index is 1.17. The lowest BCUT2D eigenvalue weighted by atomic mass is 9.81. The molecule has 44 heavy (non-hydrogen) atoms. The van der Waals surface area contributed by atoms with Crippen LogP contribution >= 0.6 is 11.3 Å². The van der Waals surface area contributed by atoms with Crippen molar-refractivity contribution in [2.24, 2.45) is 16.6 Å². The van der Waals surface area contributed by atoms with Crippen LogP contribution < -0.4 is 10.5 Å². The number of aliphatic imine (C=N–C) groups is 1. The minimum Gasteiger partial charge on any atom is -0.457 e.